The van der Waals surface area contributed by atoms with Crippen molar-refractivity contribution in [2.24, 2.45) is 0 Å². The number of pyridine rings is 1. The first kappa shape index (κ1) is 13.8. The van der Waals surface area contributed by atoms with Crippen LogP contribution < -0.4 is 10.2 Å². The molecule has 0 aliphatic rings. The lowest BCUT2D eigenvalue weighted by atomic mass is 10.2. The fourth-order valence-corrected chi connectivity index (χ4v) is 2.26. The number of anilines is 2. The fourth-order valence-electron chi connectivity index (χ4n) is 1.77. The van der Waals surface area contributed by atoms with Crippen LogP contribution in [0.2, 0.25) is 0 Å². The summed E-state index contributed by atoms with van der Waals surface area (Å²) < 4.78 is 13.8. The number of hydrogen-bond donors (Lipinski definition) is 1. The van der Waals surface area contributed by atoms with Crippen LogP contribution in [0.1, 0.15) is 5.56 Å². The molecule has 2 aromatic rings. The maximum Gasteiger partial charge on any atom is 0.124 e. The SMILES string of the molecule is CN(C)c1ccncc1NCc1ccc(F)cc1Br. The molecule has 100 valence electrons. The topological polar surface area (TPSA) is 28.2 Å². The Bertz CT molecular complexity index is 572. The van der Waals surface area contributed by atoms with Gasteiger partial charge in [-0.15, -0.1) is 0 Å². The second-order valence-corrected chi connectivity index (χ2v) is 5.23. The summed E-state index contributed by atoms with van der Waals surface area (Å²) in [5, 5.41) is 3.31. The standard InChI is InChI=1S/C14H15BrFN3/c1-19(2)14-5-6-17-9-13(14)18-8-10-3-4-11(16)7-12(10)15/h3-7,9,18H,8H2,1-2H3. The Morgan fingerprint density at radius 3 is 2.79 bits per heavy atom. The van der Waals surface area contributed by atoms with Crippen LogP contribution in [0.5, 0.6) is 0 Å². The van der Waals surface area contributed by atoms with Crippen molar-refractivity contribution < 1.29 is 4.39 Å². The predicted octanol–water partition coefficient (Wildman–Crippen LogP) is 3.66. The van der Waals surface area contributed by atoms with Crippen LogP contribution in [0.3, 0.4) is 0 Å². The van der Waals surface area contributed by atoms with Gasteiger partial charge < -0.3 is 10.2 Å². The lowest BCUT2D eigenvalue weighted by Crippen LogP contribution is -2.12. The maximum atomic E-state index is 13.0. The molecular formula is C14H15BrFN3. The Kier molecular flexibility index (Phi) is 4.37. The molecule has 0 bridgehead atoms. The fraction of sp³-hybridized carbons (Fsp3) is 0.214. The molecule has 0 aliphatic carbocycles. The number of nitrogens with zero attached hydrogens (tertiary/aromatic N) is 2. The summed E-state index contributed by atoms with van der Waals surface area (Å²) in [6.45, 7) is 0.605. The number of aromatic nitrogens is 1. The normalized spacial score (nSPS) is 10.3. The maximum absolute atomic E-state index is 13.0. The molecular weight excluding hydrogens is 309 g/mol. The minimum absolute atomic E-state index is 0.244. The van der Waals surface area contributed by atoms with Crippen LogP contribution in [0.15, 0.2) is 41.1 Å². The molecule has 1 N–H and O–H groups in total. The van der Waals surface area contributed by atoms with Crippen LogP contribution in [0.25, 0.3) is 0 Å². The van der Waals surface area contributed by atoms with Gasteiger partial charge in [-0.1, -0.05) is 22.0 Å². The van der Waals surface area contributed by atoms with Gasteiger partial charge in [-0.05, 0) is 23.8 Å². The van der Waals surface area contributed by atoms with Gasteiger partial charge in [0.25, 0.3) is 0 Å². The van der Waals surface area contributed by atoms with Crippen molar-refractivity contribution in [3.05, 3.63) is 52.5 Å². The van der Waals surface area contributed by atoms with Gasteiger partial charge in [-0.2, -0.15) is 0 Å². The molecule has 1 heterocycles. The number of hydrogen-bond acceptors (Lipinski definition) is 3. The van der Waals surface area contributed by atoms with Crippen molar-refractivity contribution in [3.8, 4) is 0 Å². The molecule has 0 amide bonds. The molecule has 0 radical (unpaired) electrons. The van der Waals surface area contributed by atoms with E-state index in [1.165, 1.54) is 12.1 Å². The van der Waals surface area contributed by atoms with Gasteiger partial charge in [-0.25, -0.2) is 4.39 Å². The van der Waals surface area contributed by atoms with E-state index in [0.29, 0.717) is 6.54 Å². The summed E-state index contributed by atoms with van der Waals surface area (Å²) in [4.78, 5) is 6.13. The first-order chi connectivity index (χ1) is 9.08. The lowest BCUT2D eigenvalue weighted by molar-refractivity contribution is 0.626. The summed E-state index contributed by atoms with van der Waals surface area (Å²) in [6, 6.07) is 6.63. The third-order valence-electron chi connectivity index (χ3n) is 2.76. The first-order valence-corrected chi connectivity index (χ1v) is 6.66. The van der Waals surface area contributed by atoms with Gasteiger partial charge in [0.15, 0.2) is 0 Å². The minimum Gasteiger partial charge on any atom is -0.378 e. The second-order valence-electron chi connectivity index (χ2n) is 4.38. The largest absolute Gasteiger partial charge is 0.378 e. The van der Waals surface area contributed by atoms with Crippen molar-refractivity contribution in [1.82, 2.24) is 4.98 Å². The molecule has 0 spiro atoms. The number of rotatable bonds is 4. The van der Waals surface area contributed by atoms with Crippen molar-refractivity contribution >= 4 is 27.3 Å². The van der Waals surface area contributed by atoms with Crippen LogP contribution >= 0.6 is 15.9 Å². The third kappa shape index (κ3) is 3.44. The van der Waals surface area contributed by atoms with E-state index in [9.17, 15) is 4.39 Å². The van der Waals surface area contributed by atoms with Crippen LogP contribution in [-0.2, 0) is 6.54 Å². The quantitative estimate of drug-likeness (QED) is 0.930. The van der Waals surface area contributed by atoms with Crippen molar-refractivity contribution in [1.29, 1.82) is 0 Å². The molecule has 0 saturated heterocycles. The van der Waals surface area contributed by atoms with E-state index in [2.05, 4.69) is 26.2 Å². The average Bonchev–Trinajstić information content (AvgIpc) is 2.38. The van der Waals surface area contributed by atoms with Crippen molar-refractivity contribution in [3.63, 3.8) is 0 Å². The van der Waals surface area contributed by atoms with Crippen LogP contribution in [-0.4, -0.2) is 19.1 Å². The summed E-state index contributed by atoms with van der Waals surface area (Å²) >= 11 is 3.36. The van der Waals surface area contributed by atoms with Gasteiger partial charge in [0.2, 0.25) is 0 Å². The first-order valence-electron chi connectivity index (χ1n) is 5.87. The van der Waals surface area contributed by atoms with Gasteiger partial charge in [0.05, 0.1) is 17.6 Å². The molecule has 2 rings (SSSR count). The molecule has 3 nitrogen and oxygen atoms in total. The average molecular weight is 324 g/mol. The van der Waals surface area contributed by atoms with E-state index >= 15 is 0 Å². The van der Waals surface area contributed by atoms with E-state index in [-0.39, 0.29) is 5.82 Å². The van der Waals surface area contributed by atoms with Gasteiger partial charge >= 0.3 is 0 Å². The van der Waals surface area contributed by atoms with E-state index in [0.717, 1.165) is 21.4 Å². The molecule has 1 aromatic heterocycles. The highest BCUT2D eigenvalue weighted by molar-refractivity contribution is 9.10. The monoisotopic (exact) mass is 323 g/mol. The zero-order chi connectivity index (χ0) is 13.8. The number of halogens is 2. The van der Waals surface area contributed by atoms with Gasteiger partial charge in [-0.3, -0.25) is 4.98 Å². The van der Waals surface area contributed by atoms with E-state index in [1.807, 2.05) is 25.1 Å². The molecule has 1 aromatic carbocycles. The highest BCUT2D eigenvalue weighted by atomic mass is 79.9. The summed E-state index contributed by atoms with van der Waals surface area (Å²) in [5.41, 5.74) is 3.01. The third-order valence-corrected chi connectivity index (χ3v) is 3.50. The van der Waals surface area contributed by atoms with Crippen LogP contribution in [0, 0.1) is 5.82 Å². The van der Waals surface area contributed by atoms with E-state index < -0.39 is 0 Å². The number of benzene rings is 1. The molecule has 0 unspecified atom stereocenters. The highest BCUT2D eigenvalue weighted by Crippen LogP contribution is 2.24. The Morgan fingerprint density at radius 2 is 2.11 bits per heavy atom. The molecule has 0 atom stereocenters. The Hall–Kier alpha value is -1.62. The predicted molar refractivity (Wildman–Crippen MR) is 80.0 cm³/mol. The van der Waals surface area contributed by atoms with Gasteiger partial charge in [0.1, 0.15) is 5.82 Å². The van der Waals surface area contributed by atoms with Crippen molar-refractivity contribution in [2.45, 2.75) is 6.54 Å². The Balaban J connectivity index is 2.14. The molecule has 0 aliphatic heterocycles. The minimum atomic E-state index is -0.244. The van der Waals surface area contributed by atoms with E-state index in [1.54, 1.807) is 18.5 Å². The zero-order valence-electron chi connectivity index (χ0n) is 10.8. The number of nitrogens with one attached hydrogen (secondary N) is 1. The summed E-state index contributed by atoms with van der Waals surface area (Å²) in [5.74, 6) is -0.244. The molecule has 5 heteroatoms. The van der Waals surface area contributed by atoms with Crippen LogP contribution in [0.4, 0.5) is 15.8 Å². The Morgan fingerprint density at radius 1 is 1.32 bits per heavy atom. The van der Waals surface area contributed by atoms with E-state index in [4.69, 9.17) is 0 Å². The van der Waals surface area contributed by atoms with Crippen molar-refractivity contribution in [2.75, 3.05) is 24.3 Å². The zero-order valence-corrected chi connectivity index (χ0v) is 12.4. The lowest BCUT2D eigenvalue weighted by Gasteiger charge is -2.18. The molecule has 0 saturated carbocycles. The molecule has 19 heavy (non-hydrogen) atoms. The highest BCUT2D eigenvalue weighted by Gasteiger charge is 2.06. The summed E-state index contributed by atoms with van der Waals surface area (Å²) in [6.07, 6.45) is 3.54. The summed E-state index contributed by atoms with van der Waals surface area (Å²) in [7, 11) is 3.96. The Labute approximate surface area is 120 Å². The second kappa shape index (κ2) is 6.02. The molecule has 0 fully saturated rings. The van der Waals surface area contributed by atoms with Gasteiger partial charge in [0, 0.05) is 31.3 Å². The smallest absolute Gasteiger partial charge is 0.124 e.